The number of likely N-dealkylation sites (N-methyl/N-ethyl adjacent to an activating group) is 1. The summed E-state index contributed by atoms with van der Waals surface area (Å²) in [5.41, 5.74) is 3.51. The Labute approximate surface area is 167 Å². The van der Waals surface area contributed by atoms with Gasteiger partial charge in [0.05, 0.1) is 18.8 Å². The van der Waals surface area contributed by atoms with E-state index in [9.17, 15) is 0 Å². The van der Waals surface area contributed by atoms with Crippen LogP contribution in [0.3, 0.4) is 0 Å². The fourth-order valence-corrected chi connectivity index (χ4v) is 4.83. The molecule has 9 heteroatoms. The number of fused-ring (bicyclic) bond motifs is 2. The van der Waals surface area contributed by atoms with Crippen LogP contribution in [0.2, 0.25) is 5.02 Å². The first-order chi connectivity index (χ1) is 10.7. The number of aliphatic imine (C=N–C) groups is 2. The lowest BCUT2D eigenvalue weighted by atomic mass is 10.1. The van der Waals surface area contributed by atoms with Crippen molar-refractivity contribution >= 4 is 76.0 Å². The Bertz CT molecular complexity index is 721. The SMILES string of the molecule is CN1CCN=C1SCC1=CSC2=Nc3ccc(Cl)cc3CN12.Cl.Cl. The van der Waals surface area contributed by atoms with Crippen molar-refractivity contribution in [3.63, 3.8) is 0 Å². The van der Waals surface area contributed by atoms with Gasteiger partial charge in [0.1, 0.15) is 0 Å². The van der Waals surface area contributed by atoms with Gasteiger partial charge in [-0.2, -0.15) is 0 Å². The zero-order valence-electron chi connectivity index (χ0n) is 12.9. The third-order valence-corrected chi connectivity index (χ3v) is 6.11. The van der Waals surface area contributed by atoms with E-state index in [1.54, 1.807) is 23.5 Å². The summed E-state index contributed by atoms with van der Waals surface area (Å²) in [4.78, 5) is 13.8. The third-order valence-electron chi connectivity index (χ3n) is 3.82. The number of hydrogen-bond donors (Lipinski definition) is 0. The van der Waals surface area contributed by atoms with Gasteiger partial charge in [0.15, 0.2) is 10.3 Å². The van der Waals surface area contributed by atoms with Crippen LogP contribution in [0.1, 0.15) is 5.56 Å². The summed E-state index contributed by atoms with van der Waals surface area (Å²) in [6, 6.07) is 5.91. The fraction of sp³-hybridized carbons (Fsp3) is 0.333. The van der Waals surface area contributed by atoms with E-state index in [0.717, 1.165) is 46.4 Å². The van der Waals surface area contributed by atoms with Gasteiger partial charge in [0, 0.05) is 30.1 Å². The number of rotatable bonds is 2. The highest BCUT2D eigenvalue weighted by Gasteiger charge is 2.28. The molecule has 3 aliphatic heterocycles. The molecule has 0 saturated carbocycles. The molecule has 0 bridgehead atoms. The second-order valence-electron chi connectivity index (χ2n) is 5.36. The van der Waals surface area contributed by atoms with E-state index in [4.69, 9.17) is 16.6 Å². The quantitative estimate of drug-likeness (QED) is 0.695. The highest BCUT2D eigenvalue weighted by Crippen LogP contribution is 2.38. The van der Waals surface area contributed by atoms with Crippen LogP contribution in [0.4, 0.5) is 5.69 Å². The van der Waals surface area contributed by atoms with E-state index in [1.165, 1.54) is 11.3 Å². The van der Waals surface area contributed by atoms with Crippen LogP contribution in [-0.2, 0) is 6.54 Å². The molecule has 4 nitrogen and oxygen atoms in total. The van der Waals surface area contributed by atoms with E-state index in [-0.39, 0.29) is 24.8 Å². The molecular formula is C15H17Cl3N4S2. The Morgan fingerprint density at radius 3 is 2.92 bits per heavy atom. The molecule has 0 fully saturated rings. The smallest absolute Gasteiger partial charge is 0.173 e. The Morgan fingerprint density at radius 1 is 1.33 bits per heavy atom. The van der Waals surface area contributed by atoms with Gasteiger partial charge in [0.25, 0.3) is 0 Å². The Balaban J connectivity index is 0.00000104. The molecule has 0 radical (unpaired) electrons. The second kappa shape index (κ2) is 8.23. The minimum Gasteiger partial charge on any atom is -0.353 e. The van der Waals surface area contributed by atoms with E-state index < -0.39 is 0 Å². The topological polar surface area (TPSA) is 31.2 Å². The lowest BCUT2D eigenvalue weighted by molar-refractivity contribution is 0.519. The summed E-state index contributed by atoms with van der Waals surface area (Å²) in [6.07, 6.45) is 0. The van der Waals surface area contributed by atoms with E-state index >= 15 is 0 Å². The summed E-state index contributed by atoms with van der Waals surface area (Å²) < 4.78 is 0. The number of nitrogens with zero attached hydrogens (tertiary/aromatic N) is 4. The standard InChI is InChI=1S/C15H15ClN4S2.2ClH/c1-19-5-4-17-14(19)21-8-12-9-22-15-18-13-3-2-11(16)6-10(13)7-20(12)15;;/h2-3,6,9H,4-5,7-8H2,1H3;2*1H. The fourth-order valence-electron chi connectivity index (χ4n) is 2.61. The van der Waals surface area contributed by atoms with Crippen LogP contribution < -0.4 is 0 Å². The van der Waals surface area contributed by atoms with Crippen LogP contribution in [0.15, 0.2) is 39.3 Å². The molecule has 3 aliphatic rings. The minimum absolute atomic E-state index is 0. The zero-order valence-corrected chi connectivity index (χ0v) is 17.0. The molecule has 0 unspecified atom stereocenters. The van der Waals surface area contributed by atoms with Crippen molar-refractivity contribution in [2.75, 3.05) is 25.9 Å². The first-order valence-corrected chi connectivity index (χ1v) is 9.34. The molecule has 0 saturated heterocycles. The van der Waals surface area contributed by atoms with Crippen LogP contribution in [0, 0.1) is 0 Å². The predicted octanol–water partition coefficient (Wildman–Crippen LogP) is 4.61. The van der Waals surface area contributed by atoms with Crippen LogP contribution >= 0.6 is 59.9 Å². The minimum atomic E-state index is 0. The molecule has 0 aliphatic carbocycles. The van der Waals surface area contributed by atoms with E-state index in [0.29, 0.717) is 0 Å². The summed E-state index contributed by atoms with van der Waals surface area (Å²) in [5.74, 6) is 0.922. The number of thioether (sulfide) groups is 2. The largest absolute Gasteiger partial charge is 0.353 e. The molecule has 0 N–H and O–H groups in total. The van der Waals surface area contributed by atoms with Crippen molar-refractivity contribution in [1.29, 1.82) is 0 Å². The molecule has 130 valence electrons. The molecule has 0 aromatic heterocycles. The zero-order chi connectivity index (χ0) is 15.1. The molecule has 3 heterocycles. The molecule has 0 amide bonds. The van der Waals surface area contributed by atoms with Gasteiger partial charge in [0.2, 0.25) is 0 Å². The van der Waals surface area contributed by atoms with Crippen LogP contribution in [0.25, 0.3) is 0 Å². The number of hydrogen-bond acceptors (Lipinski definition) is 6. The summed E-state index contributed by atoms with van der Waals surface area (Å²) >= 11 is 9.61. The number of halogens is 3. The summed E-state index contributed by atoms with van der Waals surface area (Å²) in [5, 5.41) is 5.17. The molecule has 24 heavy (non-hydrogen) atoms. The Kier molecular flexibility index (Phi) is 6.79. The van der Waals surface area contributed by atoms with Crippen molar-refractivity contribution in [2.45, 2.75) is 6.54 Å². The van der Waals surface area contributed by atoms with Crippen molar-refractivity contribution in [2.24, 2.45) is 9.98 Å². The van der Waals surface area contributed by atoms with Gasteiger partial charge >= 0.3 is 0 Å². The maximum Gasteiger partial charge on any atom is 0.173 e. The van der Waals surface area contributed by atoms with E-state index in [2.05, 4.69) is 27.2 Å². The average Bonchev–Trinajstić information content (AvgIpc) is 3.09. The van der Waals surface area contributed by atoms with Crippen molar-refractivity contribution in [1.82, 2.24) is 9.80 Å². The molecular weight excluding hydrogens is 407 g/mol. The normalized spacial score (nSPS) is 18.0. The first kappa shape index (κ1) is 19.8. The monoisotopic (exact) mass is 422 g/mol. The van der Waals surface area contributed by atoms with E-state index in [1.807, 2.05) is 18.2 Å². The lowest BCUT2D eigenvalue weighted by Gasteiger charge is -2.27. The molecule has 1 aromatic rings. The third kappa shape index (κ3) is 3.83. The summed E-state index contributed by atoms with van der Waals surface area (Å²) in [7, 11) is 2.10. The molecule has 0 spiro atoms. The predicted molar refractivity (Wildman–Crippen MR) is 112 cm³/mol. The maximum absolute atomic E-state index is 6.11. The van der Waals surface area contributed by atoms with Crippen LogP contribution in [-0.4, -0.2) is 46.0 Å². The van der Waals surface area contributed by atoms with Crippen molar-refractivity contribution < 1.29 is 0 Å². The summed E-state index contributed by atoms with van der Waals surface area (Å²) in [6.45, 7) is 2.78. The average molecular weight is 424 g/mol. The number of benzene rings is 1. The number of amidine groups is 2. The van der Waals surface area contributed by atoms with Crippen molar-refractivity contribution in [3.8, 4) is 0 Å². The first-order valence-electron chi connectivity index (χ1n) is 7.09. The lowest BCUT2D eigenvalue weighted by Crippen LogP contribution is -2.28. The van der Waals surface area contributed by atoms with Crippen LogP contribution in [0.5, 0.6) is 0 Å². The highest BCUT2D eigenvalue weighted by atomic mass is 35.5. The molecule has 1 aromatic carbocycles. The molecule has 4 rings (SSSR count). The van der Waals surface area contributed by atoms with Gasteiger partial charge in [-0.15, -0.1) is 24.8 Å². The highest BCUT2D eigenvalue weighted by molar-refractivity contribution is 8.17. The van der Waals surface area contributed by atoms with Crippen molar-refractivity contribution in [3.05, 3.63) is 39.9 Å². The van der Waals surface area contributed by atoms with Gasteiger partial charge in [-0.3, -0.25) is 4.99 Å². The second-order valence-corrected chi connectivity index (χ2v) is 7.57. The van der Waals surface area contributed by atoms with Gasteiger partial charge in [-0.1, -0.05) is 35.1 Å². The van der Waals surface area contributed by atoms with Gasteiger partial charge < -0.3 is 9.80 Å². The van der Waals surface area contributed by atoms with Gasteiger partial charge in [-0.25, -0.2) is 4.99 Å². The van der Waals surface area contributed by atoms with Gasteiger partial charge in [-0.05, 0) is 29.2 Å². The molecule has 0 atom stereocenters. The maximum atomic E-state index is 6.11. The Morgan fingerprint density at radius 2 is 2.17 bits per heavy atom. The Hall–Kier alpha value is -0.530.